The Balaban J connectivity index is 2.26. The molecule has 1 aliphatic rings. The minimum atomic E-state index is -3.76. The maximum absolute atomic E-state index is 11.6. The van der Waals surface area contributed by atoms with Crippen LogP contribution in [-0.4, -0.2) is 14.5 Å². The minimum absolute atomic E-state index is 0.104. The normalized spacial score (nSPS) is 23.6. The predicted molar refractivity (Wildman–Crippen MR) is 86.6 cm³/mol. The zero-order valence-electron chi connectivity index (χ0n) is 12.7. The van der Waals surface area contributed by atoms with Crippen LogP contribution in [0.2, 0.25) is 0 Å². The third-order valence-corrected chi connectivity index (χ3v) is 5.34. The van der Waals surface area contributed by atoms with Crippen molar-refractivity contribution in [1.82, 2.24) is 0 Å². The van der Waals surface area contributed by atoms with Crippen LogP contribution in [0, 0.1) is 12.8 Å². The molecule has 0 saturated heterocycles. The van der Waals surface area contributed by atoms with Crippen molar-refractivity contribution in [2.75, 3.05) is 11.1 Å². The smallest absolute Gasteiger partial charge is 0.238 e. The number of hydrogen-bond donors (Lipinski definition) is 3. The first-order chi connectivity index (χ1) is 9.77. The van der Waals surface area contributed by atoms with Gasteiger partial charge in [-0.15, -0.1) is 0 Å². The van der Waals surface area contributed by atoms with Crippen molar-refractivity contribution in [3.05, 3.63) is 17.7 Å². The Morgan fingerprint density at radius 3 is 2.57 bits per heavy atom. The number of hydrogen-bond acceptors (Lipinski definition) is 4. The Kier molecular flexibility index (Phi) is 4.78. The van der Waals surface area contributed by atoms with E-state index in [4.69, 9.17) is 10.9 Å². The first kappa shape index (κ1) is 16.1. The molecule has 21 heavy (non-hydrogen) atoms. The zero-order chi connectivity index (χ0) is 15.6. The van der Waals surface area contributed by atoms with Crippen LogP contribution in [-0.2, 0) is 10.0 Å². The van der Waals surface area contributed by atoms with E-state index in [2.05, 4.69) is 12.2 Å². The van der Waals surface area contributed by atoms with Gasteiger partial charge in [-0.2, -0.15) is 0 Å². The molecule has 6 heteroatoms. The largest absolute Gasteiger partial charge is 0.399 e. The number of nitrogens with one attached hydrogen (secondary N) is 1. The molecule has 0 heterocycles. The monoisotopic (exact) mass is 311 g/mol. The quantitative estimate of drug-likeness (QED) is 0.590. The lowest BCUT2D eigenvalue weighted by atomic mass is 10.0. The Morgan fingerprint density at radius 1 is 1.19 bits per heavy atom. The fourth-order valence-corrected chi connectivity index (χ4v) is 3.84. The van der Waals surface area contributed by atoms with Gasteiger partial charge in [0.1, 0.15) is 0 Å². The predicted octanol–water partition coefficient (Wildman–Crippen LogP) is 2.61. The number of nitrogen functional groups attached to an aromatic ring is 1. The SMILES string of the molecule is Cc1c(NC2CCCC(C)CC2)cc(N)cc1S(N)(=O)=O. The van der Waals surface area contributed by atoms with Crippen molar-refractivity contribution >= 4 is 21.4 Å². The van der Waals surface area contributed by atoms with Gasteiger partial charge in [0.2, 0.25) is 10.0 Å². The van der Waals surface area contributed by atoms with Crippen molar-refractivity contribution < 1.29 is 8.42 Å². The lowest BCUT2D eigenvalue weighted by Crippen LogP contribution is -2.21. The second kappa shape index (κ2) is 6.23. The lowest BCUT2D eigenvalue weighted by molar-refractivity contribution is 0.502. The highest BCUT2D eigenvalue weighted by molar-refractivity contribution is 7.89. The third kappa shape index (κ3) is 4.11. The number of benzene rings is 1. The number of primary sulfonamides is 1. The summed E-state index contributed by atoms with van der Waals surface area (Å²) >= 11 is 0. The van der Waals surface area contributed by atoms with Gasteiger partial charge < -0.3 is 11.1 Å². The molecule has 0 aromatic heterocycles. The van der Waals surface area contributed by atoms with E-state index >= 15 is 0 Å². The van der Waals surface area contributed by atoms with Gasteiger partial charge in [0.15, 0.2) is 0 Å². The molecule has 1 aliphatic carbocycles. The van der Waals surface area contributed by atoms with Gasteiger partial charge in [0.05, 0.1) is 4.90 Å². The van der Waals surface area contributed by atoms with Gasteiger partial charge in [0, 0.05) is 17.4 Å². The number of sulfonamides is 1. The van der Waals surface area contributed by atoms with Gasteiger partial charge in [-0.3, -0.25) is 0 Å². The van der Waals surface area contributed by atoms with Crippen LogP contribution in [0.3, 0.4) is 0 Å². The summed E-state index contributed by atoms with van der Waals surface area (Å²) in [6.07, 6.45) is 5.85. The van der Waals surface area contributed by atoms with E-state index in [0.717, 1.165) is 24.4 Å². The summed E-state index contributed by atoms with van der Waals surface area (Å²) in [6, 6.07) is 3.58. The Morgan fingerprint density at radius 2 is 1.90 bits per heavy atom. The van der Waals surface area contributed by atoms with E-state index < -0.39 is 10.0 Å². The molecule has 2 atom stereocenters. The first-order valence-corrected chi connectivity index (χ1v) is 9.01. The molecular formula is C15H25N3O2S. The molecule has 0 spiro atoms. The maximum Gasteiger partial charge on any atom is 0.238 e. The fourth-order valence-electron chi connectivity index (χ4n) is 3.01. The molecule has 118 valence electrons. The van der Waals surface area contributed by atoms with E-state index in [9.17, 15) is 8.42 Å². The topological polar surface area (TPSA) is 98.2 Å². The van der Waals surface area contributed by atoms with Crippen LogP contribution < -0.4 is 16.2 Å². The molecule has 1 aromatic carbocycles. The molecular weight excluding hydrogens is 286 g/mol. The van der Waals surface area contributed by atoms with Gasteiger partial charge >= 0.3 is 0 Å². The number of rotatable bonds is 3. The van der Waals surface area contributed by atoms with E-state index in [0.29, 0.717) is 17.3 Å². The summed E-state index contributed by atoms with van der Waals surface area (Å²) < 4.78 is 23.3. The molecule has 2 unspecified atom stereocenters. The van der Waals surface area contributed by atoms with Crippen LogP contribution in [0.5, 0.6) is 0 Å². The zero-order valence-corrected chi connectivity index (χ0v) is 13.5. The summed E-state index contributed by atoms with van der Waals surface area (Å²) in [5, 5.41) is 8.72. The van der Waals surface area contributed by atoms with E-state index in [1.54, 1.807) is 13.0 Å². The number of nitrogens with two attached hydrogens (primary N) is 2. The Hall–Kier alpha value is -1.27. The Labute approximate surface area is 127 Å². The summed E-state index contributed by atoms with van der Waals surface area (Å²) in [7, 11) is -3.76. The maximum atomic E-state index is 11.6. The van der Waals surface area contributed by atoms with E-state index in [1.807, 2.05) is 0 Å². The lowest BCUT2D eigenvalue weighted by Gasteiger charge is -2.21. The van der Waals surface area contributed by atoms with Crippen LogP contribution in [0.4, 0.5) is 11.4 Å². The minimum Gasteiger partial charge on any atom is -0.399 e. The third-order valence-electron chi connectivity index (χ3n) is 4.31. The van der Waals surface area contributed by atoms with Crippen molar-refractivity contribution in [2.45, 2.75) is 56.9 Å². The second-order valence-electron chi connectivity index (χ2n) is 6.19. The van der Waals surface area contributed by atoms with E-state index in [-0.39, 0.29) is 4.90 Å². The van der Waals surface area contributed by atoms with Crippen molar-refractivity contribution in [1.29, 1.82) is 0 Å². The van der Waals surface area contributed by atoms with Crippen molar-refractivity contribution in [3.8, 4) is 0 Å². The summed E-state index contributed by atoms with van der Waals surface area (Å²) in [5.74, 6) is 0.763. The van der Waals surface area contributed by atoms with Crippen LogP contribution in [0.15, 0.2) is 17.0 Å². The summed E-state index contributed by atoms with van der Waals surface area (Å²) in [6.45, 7) is 4.05. The highest BCUT2D eigenvalue weighted by atomic mass is 32.2. The van der Waals surface area contributed by atoms with Crippen molar-refractivity contribution in [3.63, 3.8) is 0 Å². The first-order valence-electron chi connectivity index (χ1n) is 7.47. The molecule has 5 nitrogen and oxygen atoms in total. The molecule has 0 amide bonds. The number of anilines is 2. The highest BCUT2D eigenvalue weighted by Crippen LogP contribution is 2.30. The summed E-state index contributed by atoms with van der Waals surface area (Å²) in [4.78, 5) is 0.104. The highest BCUT2D eigenvalue weighted by Gasteiger charge is 2.19. The average Bonchev–Trinajstić information content (AvgIpc) is 2.57. The molecule has 0 radical (unpaired) electrons. The summed E-state index contributed by atoms with van der Waals surface area (Å²) in [5.41, 5.74) is 7.65. The Bertz CT molecular complexity index is 614. The van der Waals surface area contributed by atoms with Crippen LogP contribution in [0.1, 0.15) is 44.6 Å². The second-order valence-corrected chi connectivity index (χ2v) is 7.72. The van der Waals surface area contributed by atoms with Gasteiger partial charge in [-0.25, -0.2) is 13.6 Å². The molecule has 1 aromatic rings. The molecule has 0 bridgehead atoms. The molecule has 0 aliphatic heterocycles. The average molecular weight is 311 g/mol. The molecule has 5 N–H and O–H groups in total. The van der Waals surface area contributed by atoms with Crippen molar-refractivity contribution in [2.24, 2.45) is 11.1 Å². The van der Waals surface area contributed by atoms with E-state index in [1.165, 1.54) is 25.3 Å². The standard InChI is InChI=1S/C15H25N3O2S/c1-10-4-3-5-13(7-6-10)18-14-8-12(16)9-15(11(14)2)21(17,19)20/h8-10,13,18H,3-7,16H2,1-2H3,(H2,17,19,20). The fraction of sp³-hybridized carbons (Fsp3) is 0.600. The van der Waals surface area contributed by atoms with Crippen LogP contribution in [0.25, 0.3) is 0 Å². The molecule has 2 rings (SSSR count). The van der Waals surface area contributed by atoms with Gasteiger partial charge in [-0.1, -0.05) is 19.8 Å². The van der Waals surface area contributed by atoms with Crippen LogP contribution >= 0.6 is 0 Å². The molecule has 1 fully saturated rings. The molecule has 1 saturated carbocycles. The van der Waals surface area contributed by atoms with Gasteiger partial charge in [-0.05, 0) is 49.8 Å². The van der Waals surface area contributed by atoms with Gasteiger partial charge in [0.25, 0.3) is 0 Å².